The van der Waals surface area contributed by atoms with E-state index in [1.165, 1.54) is 25.7 Å². The van der Waals surface area contributed by atoms with Crippen LogP contribution < -0.4 is 0 Å². The van der Waals surface area contributed by atoms with Crippen molar-refractivity contribution in [1.29, 1.82) is 0 Å². The van der Waals surface area contributed by atoms with Crippen molar-refractivity contribution in [2.24, 2.45) is 5.92 Å². The minimum absolute atomic E-state index is 0.413. The van der Waals surface area contributed by atoms with E-state index >= 15 is 0 Å². The molecule has 1 N–H and O–H groups in total. The maximum absolute atomic E-state index is 10.7. The molecule has 4 heteroatoms. The van der Waals surface area contributed by atoms with Crippen LogP contribution in [0.4, 0.5) is 0 Å². The summed E-state index contributed by atoms with van der Waals surface area (Å²) in [6.07, 6.45) is 8.61. The zero-order valence-corrected chi connectivity index (χ0v) is 11.7. The van der Waals surface area contributed by atoms with E-state index in [-0.39, 0.29) is 0 Å². The topological polar surface area (TPSA) is 49.5 Å². The predicted molar refractivity (Wildman–Crippen MR) is 72.5 cm³/mol. The van der Waals surface area contributed by atoms with E-state index in [0.717, 1.165) is 31.6 Å². The molecule has 3 rings (SSSR count). The Balaban J connectivity index is 1.71. The van der Waals surface area contributed by atoms with Crippen molar-refractivity contribution in [3.8, 4) is 0 Å². The molecule has 0 bridgehead atoms. The fraction of sp³-hybridized carbons (Fsp3) is 0.800. The molecule has 2 aliphatic rings. The second-order valence-electron chi connectivity index (χ2n) is 6.38. The van der Waals surface area contributed by atoms with Crippen LogP contribution in [0.5, 0.6) is 0 Å². The first-order valence-electron chi connectivity index (χ1n) is 7.52. The Labute approximate surface area is 114 Å². The number of rotatable bonds is 3. The zero-order chi connectivity index (χ0) is 13.3. The first-order chi connectivity index (χ1) is 9.17. The third kappa shape index (κ3) is 2.70. The van der Waals surface area contributed by atoms with Crippen LogP contribution in [-0.2, 0) is 6.54 Å². The molecule has 3 atom stereocenters. The van der Waals surface area contributed by atoms with E-state index in [9.17, 15) is 5.11 Å². The fourth-order valence-corrected chi connectivity index (χ4v) is 3.98. The summed E-state index contributed by atoms with van der Waals surface area (Å²) in [4.78, 5) is 2.49. The quantitative estimate of drug-likeness (QED) is 0.911. The van der Waals surface area contributed by atoms with Crippen LogP contribution in [0.25, 0.3) is 0 Å². The third-order valence-electron chi connectivity index (χ3n) is 4.98. The Kier molecular flexibility index (Phi) is 3.63. The molecule has 2 heterocycles. The normalized spacial score (nSPS) is 36.7. The minimum atomic E-state index is -0.491. The van der Waals surface area contributed by atoms with Gasteiger partial charge in [-0.25, -0.2) is 0 Å². The van der Waals surface area contributed by atoms with Crippen LogP contribution in [0.2, 0.25) is 0 Å². The molecule has 1 aromatic rings. The second kappa shape index (κ2) is 5.25. The van der Waals surface area contributed by atoms with Crippen molar-refractivity contribution < 1.29 is 9.63 Å². The van der Waals surface area contributed by atoms with Crippen LogP contribution in [0.1, 0.15) is 51.1 Å². The van der Waals surface area contributed by atoms with Gasteiger partial charge in [0, 0.05) is 24.6 Å². The van der Waals surface area contributed by atoms with Gasteiger partial charge in [0.25, 0.3) is 0 Å². The van der Waals surface area contributed by atoms with Crippen LogP contribution >= 0.6 is 0 Å². The lowest BCUT2D eigenvalue weighted by Gasteiger charge is -2.43. The highest BCUT2D eigenvalue weighted by Gasteiger charge is 2.43. The van der Waals surface area contributed by atoms with Gasteiger partial charge in [0.05, 0.1) is 11.3 Å². The summed E-state index contributed by atoms with van der Waals surface area (Å²) in [5.74, 6) is 0.413. The molecular weight excluding hydrogens is 240 g/mol. The van der Waals surface area contributed by atoms with E-state index in [2.05, 4.69) is 10.1 Å². The molecule has 1 saturated heterocycles. The SMILES string of the molecule is CC1(O)CCCCC1C1CCCN1Cc1ccon1. The van der Waals surface area contributed by atoms with Gasteiger partial charge in [-0.15, -0.1) is 0 Å². The molecule has 0 radical (unpaired) electrons. The predicted octanol–water partition coefficient (Wildman–Crippen LogP) is 2.58. The molecule has 1 saturated carbocycles. The fourth-order valence-electron chi connectivity index (χ4n) is 3.98. The van der Waals surface area contributed by atoms with Gasteiger partial charge in [0.15, 0.2) is 0 Å². The lowest BCUT2D eigenvalue weighted by atomic mass is 9.72. The molecule has 1 aromatic heterocycles. The summed E-state index contributed by atoms with van der Waals surface area (Å²) in [6.45, 7) is 4.00. The van der Waals surface area contributed by atoms with Crippen molar-refractivity contribution in [2.45, 2.75) is 63.6 Å². The molecule has 4 nitrogen and oxygen atoms in total. The Hall–Kier alpha value is -0.870. The van der Waals surface area contributed by atoms with E-state index < -0.39 is 5.60 Å². The van der Waals surface area contributed by atoms with E-state index in [4.69, 9.17) is 4.52 Å². The highest BCUT2D eigenvalue weighted by molar-refractivity contribution is 5.01. The molecule has 0 amide bonds. The van der Waals surface area contributed by atoms with Crippen molar-refractivity contribution in [3.05, 3.63) is 18.0 Å². The summed E-state index contributed by atoms with van der Waals surface area (Å²) in [7, 11) is 0. The van der Waals surface area contributed by atoms with Crippen molar-refractivity contribution in [1.82, 2.24) is 10.1 Å². The molecule has 1 aliphatic carbocycles. The maximum atomic E-state index is 10.7. The highest BCUT2D eigenvalue weighted by atomic mass is 16.5. The molecule has 106 valence electrons. The van der Waals surface area contributed by atoms with Gasteiger partial charge in [-0.3, -0.25) is 4.90 Å². The Morgan fingerprint density at radius 1 is 1.42 bits per heavy atom. The molecular formula is C15H24N2O2. The molecule has 0 aromatic carbocycles. The summed E-state index contributed by atoms with van der Waals surface area (Å²) in [6, 6.07) is 2.45. The lowest BCUT2D eigenvalue weighted by molar-refractivity contribution is -0.0630. The molecule has 0 spiro atoms. The van der Waals surface area contributed by atoms with Crippen molar-refractivity contribution in [3.63, 3.8) is 0 Å². The Morgan fingerprint density at radius 2 is 2.32 bits per heavy atom. The molecule has 1 aliphatic heterocycles. The third-order valence-corrected chi connectivity index (χ3v) is 4.98. The summed E-state index contributed by atoms with van der Waals surface area (Å²) >= 11 is 0. The Morgan fingerprint density at radius 3 is 3.05 bits per heavy atom. The van der Waals surface area contributed by atoms with Gasteiger partial charge in [0.2, 0.25) is 0 Å². The lowest BCUT2D eigenvalue weighted by Crippen LogP contribution is -2.48. The average Bonchev–Trinajstić information content (AvgIpc) is 3.01. The molecule has 3 unspecified atom stereocenters. The number of hydrogen-bond donors (Lipinski definition) is 1. The van der Waals surface area contributed by atoms with Gasteiger partial charge in [-0.1, -0.05) is 18.0 Å². The average molecular weight is 264 g/mol. The van der Waals surface area contributed by atoms with Gasteiger partial charge in [0.1, 0.15) is 6.26 Å². The summed E-state index contributed by atoms with van der Waals surface area (Å²) in [5, 5.41) is 14.7. The summed E-state index contributed by atoms with van der Waals surface area (Å²) < 4.78 is 4.92. The van der Waals surface area contributed by atoms with Crippen LogP contribution in [0, 0.1) is 5.92 Å². The standard InChI is InChI=1S/C15H24N2O2/c1-15(18)8-3-2-5-13(15)14-6-4-9-17(14)11-12-7-10-19-16-12/h7,10,13-14,18H,2-6,8-9,11H2,1H3. The zero-order valence-electron chi connectivity index (χ0n) is 11.7. The van der Waals surface area contributed by atoms with E-state index in [0.29, 0.717) is 12.0 Å². The number of likely N-dealkylation sites (tertiary alicyclic amines) is 1. The number of nitrogens with zero attached hydrogens (tertiary/aromatic N) is 2. The number of aromatic nitrogens is 1. The highest BCUT2D eigenvalue weighted by Crippen LogP contribution is 2.40. The first kappa shape index (κ1) is 13.1. The van der Waals surface area contributed by atoms with Gasteiger partial charge >= 0.3 is 0 Å². The maximum Gasteiger partial charge on any atom is 0.124 e. The van der Waals surface area contributed by atoms with Crippen LogP contribution in [-0.4, -0.2) is 33.4 Å². The molecule has 2 fully saturated rings. The van der Waals surface area contributed by atoms with Crippen LogP contribution in [0.3, 0.4) is 0 Å². The first-order valence-corrected chi connectivity index (χ1v) is 7.52. The largest absolute Gasteiger partial charge is 0.390 e. The number of hydrogen-bond acceptors (Lipinski definition) is 4. The van der Waals surface area contributed by atoms with E-state index in [1.54, 1.807) is 6.26 Å². The number of aliphatic hydroxyl groups is 1. The van der Waals surface area contributed by atoms with Gasteiger partial charge in [-0.05, 0) is 39.2 Å². The van der Waals surface area contributed by atoms with Crippen molar-refractivity contribution >= 4 is 0 Å². The second-order valence-corrected chi connectivity index (χ2v) is 6.38. The smallest absolute Gasteiger partial charge is 0.124 e. The molecule has 19 heavy (non-hydrogen) atoms. The monoisotopic (exact) mass is 264 g/mol. The minimum Gasteiger partial charge on any atom is -0.390 e. The summed E-state index contributed by atoms with van der Waals surface area (Å²) in [5.41, 5.74) is 0.511. The van der Waals surface area contributed by atoms with Gasteiger partial charge < -0.3 is 9.63 Å². The van der Waals surface area contributed by atoms with E-state index in [1.807, 2.05) is 13.0 Å². The Bertz CT molecular complexity index is 402. The van der Waals surface area contributed by atoms with Gasteiger partial charge in [-0.2, -0.15) is 0 Å². The van der Waals surface area contributed by atoms with Crippen LogP contribution in [0.15, 0.2) is 16.9 Å². The van der Waals surface area contributed by atoms with Crippen molar-refractivity contribution in [2.75, 3.05) is 6.54 Å².